The first-order valence-electron chi connectivity index (χ1n) is 27.4. The summed E-state index contributed by atoms with van der Waals surface area (Å²) in [6, 6.07) is 0. The Labute approximate surface area is 437 Å². The molecule has 0 saturated carbocycles. The molecule has 12 heteroatoms. The fourth-order valence-electron chi connectivity index (χ4n) is 6.81. The molecule has 0 aromatic rings. The molecule has 72 heavy (non-hydrogen) atoms. The van der Waals surface area contributed by atoms with Gasteiger partial charge in [0.2, 0.25) is 0 Å². The Morgan fingerprint density at radius 1 is 0.403 bits per heavy atom. The van der Waals surface area contributed by atoms with Crippen LogP contribution in [-0.2, 0) is 42.2 Å². The molecule has 0 rings (SSSR count). The van der Waals surface area contributed by atoms with Crippen molar-refractivity contribution in [2.75, 3.05) is 26.4 Å². The van der Waals surface area contributed by atoms with E-state index in [1.807, 2.05) is 30.4 Å². The average Bonchev–Trinajstić information content (AvgIpc) is 3.37. The van der Waals surface area contributed by atoms with Gasteiger partial charge in [-0.3, -0.25) is 23.4 Å². The van der Waals surface area contributed by atoms with Crippen LogP contribution in [0.25, 0.3) is 0 Å². The molecule has 2 N–H and O–H groups in total. The highest BCUT2D eigenvalue weighted by Gasteiger charge is 2.28. The third-order valence-electron chi connectivity index (χ3n) is 10.9. The molecule has 0 saturated heterocycles. The van der Waals surface area contributed by atoms with Crippen LogP contribution in [0.5, 0.6) is 0 Å². The molecule has 0 aliphatic rings. The molecule has 0 aromatic heterocycles. The standard InChI is InChI=1S/C60H97O11P/c1-4-7-10-13-16-19-22-25-26-27-28-29-30-33-34-37-40-43-46-49-58(62)67-53-57(71-60(64)51-48-45-42-39-36-32-24-21-18-15-12-9-6-3)55-69-72(65,66)68-54-56(52-61)70-59(63)50-47-44-41-38-35-31-23-20-17-14-11-8-5-2/h7,9-10,12,16,18-19,21,25-26,28-29,32-34,36,40,42-43,45,56-57,61H,4-6,8,11,13-15,17,20,22-24,27,30-31,35,37-39,41,44,46-55H2,1-3H3,(H,65,66)/b10-7-,12-9-,19-16-,21-18-,26-25-,29-28-,34-33-,36-32-,43-40-,45-42-. The molecule has 0 fully saturated rings. The molecule has 3 unspecified atom stereocenters. The zero-order valence-corrected chi connectivity index (χ0v) is 45.7. The van der Waals surface area contributed by atoms with Crippen LogP contribution in [0.15, 0.2) is 122 Å². The third kappa shape index (κ3) is 50.8. The number of aliphatic hydroxyl groups is 1. The average molecular weight is 1030 g/mol. The largest absolute Gasteiger partial charge is 0.472 e. The van der Waals surface area contributed by atoms with Gasteiger partial charge in [-0.15, -0.1) is 0 Å². The van der Waals surface area contributed by atoms with Crippen LogP contribution < -0.4 is 0 Å². The van der Waals surface area contributed by atoms with Crippen LogP contribution in [-0.4, -0.2) is 66.5 Å². The molecule has 0 bridgehead atoms. The number of rotatable bonds is 49. The maximum atomic E-state index is 12.9. The van der Waals surface area contributed by atoms with Gasteiger partial charge < -0.3 is 24.2 Å². The zero-order valence-electron chi connectivity index (χ0n) is 44.8. The van der Waals surface area contributed by atoms with Crippen molar-refractivity contribution in [2.24, 2.45) is 0 Å². The van der Waals surface area contributed by atoms with Gasteiger partial charge in [-0.2, -0.15) is 0 Å². The van der Waals surface area contributed by atoms with Crippen molar-refractivity contribution in [3.63, 3.8) is 0 Å². The summed E-state index contributed by atoms with van der Waals surface area (Å²) in [5.74, 6) is -1.68. The Balaban J connectivity index is 4.90. The number of phosphoric acid groups is 1. The van der Waals surface area contributed by atoms with E-state index in [1.54, 1.807) is 0 Å². The van der Waals surface area contributed by atoms with Gasteiger partial charge in [0.05, 0.1) is 19.8 Å². The molecule has 0 spiro atoms. The lowest BCUT2D eigenvalue weighted by Gasteiger charge is -2.21. The van der Waals surface area contributed by atoms with Gasteiger partial charge in [0.25, 0.3) is 0 Å². The predicted molar refractivity (Wildman–Crippen MR) is 297 cm³/mol. The number of phosphoric ester groups is 1. The van der Waals surface area contributed by atoms with Crippen molar-refractivity contribution in [2.45, 2.75) is 213 Å². The van der Waals surface area contributed by atoms with Crippen LogP contribution in [0.3, 0.4) is 0 Å². The van der Waals surface area contributed by atoms with Crippen molar-refractivity contribution < 1.29 is 52.2 Å². The van der Waals surface area contributed by atoms with E-state index < -0.39 is 64.4 Å². The minimum Gasteiger partial charge on any atom is -0.462 e. The normalized spacial score (nSPS) is 14.3. The SMILES string of the molecule is CC/C=C\C/C=C\C/C=C\C/C=C\C/C=C\C/C=C\CCC(=O)OCC(COP(=O)(O)OCC(CO)OC(=O)CCCCCCCCCCCCCCC)OC(=O)CC/C=C\C/C=C\C/C=C\C/C=C\CC. The number of carbonyl (C=O) groups excluding carboxylic acids is 3. The Morgan fingerprint density at radius 2 is 0.722 bits per heavy atom. The minimum atomic E-state index is -4.78. The Morgan fingerprint density at radius 3 is 1.11 bits per heavy atom. The molecule has 0 aliphatic carbocycles. The number of hydrogen-bond donors (Lipinski definition) is 2. The predicted octanol–water partition coefficient (Wildman–Crippen LogP) is 16.0. The summed E-state index contributed by atoms with van der Waals surface area (Å²) in [6.45, 7) is 4.22. The van der Waals surface area contributed by atoms with Gasteiger partial charge in [-0.25, -0.2) is 4.57 Å². The van der Waals surface area contributed by atoms with E-state index in [4.69, 9.17) is 23.3 Å². The van der Waals surface area contributed by atoms with Gasteiger partial charge in [0.15, 0.2) is 6.10 Å². The number of hydrogen-bond acceptors (Lipinski definition) is 10. The molecule has 0 aliphatic heterocycles. The topological polar surface area (TPSA) is 155 Å². The van der Waals surface area contributed by atoms with E-state index in [2.05, 4.69) is 112 Å². The summed E-state index contributed by atoms with van der Waals surface area (Å²) in [5.41, 5.74) is 0. The lowest BCUT2D eigenvalue weighted by molar-refractivity contribution is -0.161. The molecule has 0 radical (unpaired) electrons. The van der Waals surface area contributed by atoms with Crippen molar-refractivity contribution in [1.82, 2.24) is 0 Å². The van der Waals surface area contributed by atoms with E-state index in [0.29, 0.717) is 25.7 Å². The molecule has 0 amide bonds. The second-order valence-corrected chi connectivity index (χ2v) is 19.1. The Bertz CT molecular complexity index is 1670. The fourth-order valence-corrected chi connectivity index (χ4v) is 7.59. The number of carbonyl (C=O) groups is 3. The summed E-state index contributed by atoms with van der Waals surface area (Å²) in [6.07, 6.45) is 64.8. The third-order valence-corrected chi connectivity index (χ3v) is 11.9. The van der Waals surface area contributed by atoms with Crippen LogP contribution in [0, 0.1) is 0 Å². The van der Waals surface area contributed by atoms with Gasteiger partial charge in [0, 0.05) is 19.3 Å². The monoisotopic (exact) mass is 1020 g/mol. The Hall–Kier alpha value is -4.12. The number of ether oxygens (including phenoxy) is 3. The number of aliphatic hydroxyl groups excluding tert-OH is 1. The van der Waals surface area contributed by atoms with Crippen molar-refractivity contribution in [3.05, 3.63) is 122 Å². The van der Waals surface area contributed by atoms with E-state index >= 15 is 0 Å². The first-order chi connectivity index (χ1) is 35.2. The van der Waals surface area contributed by atoms with Crippen LogP contribution in [0.4, 0.5) is 0 Å². The molecule has 3 atom stereocenters. The lowest BCUT2D eigenvalue weighted by Crippen LogP contribution is -2.30. The summed E-state index contributed by atoms with van der Waals surface area (Å²) in [4.78, 5) is 48.3. The van der Waals surface area contributed by atoms with Gasteiger partial charge in [0.1, 0.15) is 12.7 Å². The molecular formula is C60H97O11P. The van der Waals surface area contributed by atoms with E-state index in [1.165, 1.54) is 57.8 Å². The van der Waals surface area contributed by atoms with Crippen molar-refractivity contribution in [3.8, 4) is 0 Å². The number of allylic oxidation sites excluding steroid dienone is 20. The van der Waals surface area contributed by atoms with E-state index in [0.717, 1.165) is 77.0 Å². The molecule has 408 valence electrons. The molecule has 0 aromatic carbocycles. The molecule has 0 heterocycles. The van der Waals surface area contributed by atoms with Crippen LogP contribution in [0.1, 0.15) is 201 Å². The van der Waals surface area contributed by atoms with Crippen molar-refractivity contribution in [1.29, 1.82) is 0 Å². The Kier molecular flexibility index (Phi) is 50.1. The van der Waals surface area contributed by atoms with E-state index in [9.17, 15) is 28.9 Å². The highest BCUT2D eigenvalue weighted by atomic mass is 31.2. The maximum absolute atomic E-state index is 12.9. The lowest BCUT2D eigenvalue weighted by atomic mass is 10.0. The number of unbranched alkanes of at least 4 members (excludes halogenated alkanes) is 12. The number of esters is 3. The summed E-state index contributed by atoms with van der Waals surface area (Å²) in [5, 5.41) is 9.79. The van der Waals surface area contributed by atoms with Crippen LogP contribution >= 0.6 is 7.82 Å². The second-order valence-electron chi connectivity index (χ2n) is 17.6. The first-order valence-corrected chi connectivity index (χ1v) is 28.9. The van der Waals surface area contributed by atoms with E-state index in [-0.39, 0.29) is 19.3 Å². The van der Waals surface area contributed by atoms with Gasteiger partial charge >= 0.3 is 25.7 Å². The highest BCUT2D eigenvalue weighted by Crippen LogP contribution is 2.43. The fraction of sp³-hybridized carbons (Fsp3) is 0.617. The summed E-state index contributed by atoms with van der Waals surface area (Å²) >= 11 is 0. The quantitative estimate of drug-likeness (QED) is 0.0197. The first kappa shape index (κ1) is 67.9. The summed E-state index contributed by atoms with van der Waals surface area (Å²) < 4.78 is 39.2. The zero-order chi connectivity index (χ0) is 52.7. The van der Waals surface area contributed by atoms with Crippen LogP contribution in [0.2, 0.25) is 0 Å². The van der Waals surface area contributed by atoms with Gasteiger partial charge in [-0.05, 0) is 83.5 Å². The minimum absolute atomic E-state index is 0.0253. The second kappa shape index (κ2) is 53.2. The molecule has 11 nitrogen and oxygen atoms in total. The maximum Gasteiger partial charge on any atom is 0.472 e. The van der Waals surface area contributed by atoms with Crippen molar-refractivity contribution >= 4 is 25.7 Å². The van der Waals surface area contributed by atoms with Gasteiger partial charge in [-0.1, -0.05) is 219 Å². The molecular weight excluding hydrogens is 928 g/mol. The summed E-state index contributed by atoms with van der Waals surface area (Å²) in [7, 11) is -4.78. The highest BCUT2D eigenvalue weighted by molar-refractivity contribution is 7.47. The smallest absolute Gasteiger partial charge is 0.462 e.